The van der Waals surface area contributed by atoms with Gasteiger partial charge in [-0.05, 0) is 25.0 Å². The molecule has 116 valence electrons. The van der Waals surface area contributed by atoms with E-state index in [0.29, 0.717) is 10.9 Å². The summed E-state index contributed by atoms with van der Waals surface area (Å²) in [6.07, 6.45) is 3.35. The molecule has 2 rings (SSSR count). The summed E-state index contributed by atoms with van der Waals surface area (Å²) in [5.41, 5.74) is -0.593. The van der Waals surface area contributed by atoms with Crippen LogP contribution in [-0.4, -0.2) is 34.6 Å². The Hall–Kier alpha value is -1.27. The number of carbonyl (C=O) groups excluding carboxylic acids is 1. The molecule has 2 N–H and O–H groups in total. The molecule has 1 fully saturated rings. The van der Waals surface area contributed by atoms with Crippen LogP contribution in [0, 0.1) is 0 Å². The van der Waals surface area contributed by atoms with Gasteiger partial charge in [-0.1, -0.05) is 24.4 Å². The van der Waals surface area contributed by atoms with Crippen LogP contribution in [-0.2, 0) is 11.3 Å². The Balaban J connectivity index is 1.96. The summed E-state index contributed by atoms with van der Waals surface area (Å²) in [6.45, 7) is 0.465. The number of carbonyl (C=O) groups is 2. The Morgan fingerprint density at radius 3 is 2.62 bits per heavy atom. The maximum absolute atomic E-state index is 12.3. The van der Waals surface area contributed by atoms with E-state index in [-0.39, 0.29) is 12.5 Å². The van der Waals surface area contributed by atoms with Gasteiger partial charge in [0.2, 0.25) is 0 Å². The lowest BCUT2D eigenvalue weighted by molar-refractivity contribution is -0.138. The van der Waals surface area contributed by atoms with Gasteiger partial charge in [0.1, 0.15) is 0 Å². The van der Waals surface area contributed by atoms with Crippen LogP contribution in [0.25, 0.3) is 0 Å². The second kappa shape index (κ2) is 6.66. The minimum absolute atomic E-state index is 0.0165. The average Bonchev–Trinajstić information content (AvgIpc) is 2.98. The van der Waals surface area contributed by atoms with Crippen LogP contribution in [0.2, 0.25) is 4.34 Å². The van der Waals surface area contributed by atoms with Gasteiger partial charge in [-0.25, -0.2) is 4.79 Å². The zero-order valence-corrected chi connectivity index (χ0v) is 13.5. The maximum atomic E-state index is 12.3. The minimum Gasteiger partial charge on any atom is -0.481 e. The van der Waals surface area contributed by atoms with E-state index in [1.807, 2.05) is 6.07 Å². The molecule has 0 spiro atoms. The average molecular weight is 331 g/mol. The highest BCUT2D eigenvalue weighted by Crippen LogP contribution is 2.33. The van der Waals surface area contributed by atoms with Gasteiger partial charge >= 0.3 is 12.0 Å². The number of aliphatic carboxylic acids is 1. The van der Waals surface area contributed by atoms with Crippen molar-refractivity contribution in [2.75, 3.05) is 7.05 Å². The van der Waals surface area contributed by atoms with Crippen molar-refractivity contribution < 1.29 is 14.7 Å². The molecule has 5 nitrogen and oxygen atoms in total. The lowest BCUT2D eigenvalue weighted by atomic mass is 9.93. The third-order valence-electron chi connectivity index (χ3n) is 3.79. The Bertz CT molecular complexity index is 526. The molecule has 0 bridgehead atoms. The van der Waals surface area contributed by atoms with Crippen LogP contribution in [0.1, 0.15) is 37.0 Å². The number of carboxylic acids is 1. The Morgan fingerprint density at radius 1 is 1.43 bits per heavy atom. The fourth-order valence-corrected chi connectivity index (χ4v) is 3.89. The molecule has 1 aromatic rings. The van der Waals surface area contributed by atoms with Crippen molar-refractivity contribution >= 4 is 34.9 Å². The first kappa shape index (κ1) is 16.1. The quantitative estimate of drug-likeness (QED) is 0.870. The lowest BCUT2D eigenvalue weighted by Crippen LogP contribution is -2.51. The number of nitrogens with zero attached hydrogens (tertiary/aromatic N) is 1. The Morgan fingerprint density at radius 2 is 2.10 bits per heavy atom. The number of urea groups is 1. The van der Waals surface area contributed by atoms with Gasteiger partial charge in [0.05, 0.1) is 22.8 Å². The van der Waals surface area contributed by atoms with Crippen molar-refractivity contribution in [3.05, 3.63) is 21.3 Å². The molecule has 1 aliphatic rings. The molecule has 0 aliphatic heterocycles. The van der Waals surface area contributed by atoms with Gasteiger partial charge in [0.25, 0.3) is 0 Å². The normalized spacial score (nSPS) is 16.7. The van der Waals surface area contributed by atoms with Crippen LogP contribution < -0.4 is 5.32 Å². The number of thiophene rings is 1. The van der Waals surface area contributed by atoms with Crippen LogP contribution in [0.5, 0.6) is 0 Å². The number of rotatable bonds is 5. The maximum Gasteiger partial charge on any atom is 0.317 e. The number of amides is 2. The number of nitrogens with one attached hydrogen (secondary N) is 1. The van der Waals surface area contributed by atoms with Gasteiger partial charge in [-0.2, -0.15) is 0 Å². The third-order valence-corrected chi connectivity index (χ3v) is 5.01. The summed E-state index contributed by atoms with van der Waals surface area (Å²) in [7, 11) is 1.70. The zero-order chi connectivity index (χ0) is 15.5. The molecular weight excluding hydrogens is 312 g/mol. The van der Waals surface area contributed by atoms with Crippen molar-refractivity contribution in [1.29, 1.82) is 0 Å². The van der Waals surface area contributed by atoms with Gasteiger partial charge < -0.3 is 15.3 Å². The van der Waals surface area contributed by atoms with Crippen LogP contribution >= 0.6 is 22.9 Å². The number of hydrogen-bond acceptors (Lipinski definition) is 3. The van der Waals surface area contributed by atoms with E-state index >= 15 is 0 Å². The molecule has 21 heavy (non-hydrogen) atoms. The molecule has 0 aromatic carbocycles. The highest BCUT2D eigenvalue weighted by molar-refractivity contribution is 7.16. The van der Waals surface area contributed by atoms with Crippen molar-refractivity contribution in [1.82, 2.24) is 10.2 Å². The van der Waals surface area contributed by atoms with Gasteiger partial charge in [-0.3, -0.25) is 4.79 Å². The molecule has 0 atom stereocenters. The summed E-state index contributed by atoms with van der Waals surface area (Å²) in [5.74, 6) is -0.870. The second-order valence-electron chi connectivity index (χ2n) is 5.55. The zero-order valence-electron chi connectivity index (χ0n) is 11.9. The Kier molecular flexibility index (Phi) is 5.11. The van der Waals surface area contributed by atoms with Crippen LogP contribution in [0.4, 0.5) is 4.79 Å². The first-order chi connectivity index (χ1) is 9.90. The third kappa shape index (κ3) is 4.35. The summed E-state index contributed by atoms with van der Waals surface area (Å²) in [4.78, 5) is 25.9. The van der Waals surface area contributed by atoms with Crippen molar-refractivity contribution in [3.8, 4) is 0 Å². The number of carboxylic acid groups (broad SMARTS) is 1. The van der Waals surface area contributed by atoms with Crippen molar-refractivity contribution in [2.45, 2.75) is 44.2 Å². The van der Waals surface area contributed by atoms with E-state index in [2.05, 4.69) is 5.32 Å². The van der Waals surface area contributed by atoms with E-state index in [9.17, 15) is 9.59 Å². The summed E-state index contributed by atoms with van der Waals surface area (Å²) >= 11 is 7.31. The molecule has 0 unspecified atom stereocenters. The molecule has 1 saturated carbocycles. The standard InChI is InChI=1S/C14H19ClN2O3S/c1-17(9-10-4-5-11(15)21-10)13(20)16-14(8-12(18)19)6-2-3-7-14/h4-5H,2-3,6-9H2,1H3,(H,16,20)(H,18,19). The molecule has 1 aliphatic carbocycles. The van der Waals surface area contributed by atoms with E-state index in [0.717, 1.165) is 30.6 Å². The lowest BCUT2D eigenvalue weighted by Gasteiger charge is -2.31. The summed E-state index contributed by atoms with van der Waals surface area (Å²) in [6, 6.07) is 3.46. The molecule has 7 heteroatoms. The van der Waals surface area contributed by atoms with Crippen LogP contribution in [0.3, 0.4) is 0 Å². The molecular formula is C14H19ClN2O3S. The first-order valence-corrected chi connectivity index (χ1v) is 8.09. The summed E-state index contributed by atoms with van der Waals surface area (Å²) in [5, 5.41) is 12.0. The van der Waals surface area contributed by atoms with Gasteiger partial charge in [-0.15, -0.1) is 11.3 Å². The van der Waals surface area contributed by atoms with Crippen molar-refractivity contribution in [2.24, 2.45) is 0 Å². The monoisotopic (exact) mass is 330 g/mol. The van der Waals surface area contributed by atoms with E-state index in [1.54, 1.807) is 18.0 Å². The fraction of sp³-hybridized carbons (Fsp3) is 0.571. The predicted molar refractivity (Wildman–Crippen MR) is 82.8 cm³/mol. The van der Waals surface area contributed by atoms with Gasteiger partial charge in [0.15, 0.2) is 0 Å². The smallest absolute Gasteiger partial charge is 0.317 e. The first-order valence-electron chi connectivity index (χ1n) is 6.89. The minimum atomic E-state index is -0.870. The predicted octanol–water partition coefficient (Wildman–Crippen LogP) is 3.33. The summed E-state index contributed by atoms with van der Waals surface area (Å²) < 4.78 is 0.692. The van der Waals surface area contributed by atoms with E-state index in [1.165, 1.54) is 11.3 Å². The van der Waals surface area contributed by atoms with Crippen molar-refractivity contribution in [3.63, 3.8) is 0 Å². The topological polar surface area (TPSA) is 69.6 Å². The highest BCUT2D eigenvalue weighted by Gasteiger charge is 2.38. The fourth-order valence-electron chi connectivity index (χ4n) is 2.75. The highest BCUT2D eigenvalue weighted by atomic mass is 35.5. The molecule has 0 radical (unpaired) electrons. The SMILES string of the molecule is CN(Cc1ccc(Cl)s1)C(=O)NC1(CC(=O)O)CCCC1. The number of hydrogen-bond donors (Lipinski definition) is 2. The second-order valence-corrected chi connectivity index (χ2v) is 7.35. The molecule has 2 amide bonds. The van der Waals surface area contributed by atoms with E-state index in [4.69, 9.17) is 16.7 Å². The van der Waals surface area contributed by atoms with Crippen LogP contribution in [0.15, 0.2) is 12.1 Å². The molecule has 1 heterocycles. The van der Waals surface area contributed by atoms with Gasteiger partial charge in [0, 0.05) is 11.9 Å². The van der Waals surface area contributed by atoms with E-state index < -0.39 is 11.5 Å². The Labute approximate surface area is 132 Å². The largest absolute Gasteiger partial charge is 0.481 e. The molecule has 0 saturated heterocycles. The number of halogens is 1. The molecule has 1 aromatic heterocycles.